The number of cyclic esters (lactones) is 1. The van der Waals surface area contributed by atoms with E-state index >= 15 is 0 Å². The Hall–Kier alpha value is -1.05. The molecule has 2 nitrogen and oxygen atoms in total. The van der Waals surface area contributed by atoms with Crippen LogP contribution in [-0.4, -0.2) is 12.1 Å². The average Bonchev–Trinajstić information content (AvgIpc) is 2.30. The maximum atomic E-state index is 10.8. The van der Waals surface area contributed by atoms with Crippen LogP contribution >= 0.6 is 0 Å². The smallest absolute Gasteiger partial charge is 0.333 e. The minimum absolute atomic E-state index is 0.00694. The highest BCUT2D eigenvalue weighted by Gasteiger charge is 2.26. The molecule has 1 rings (SSSR count). The number of hydrogen-bond acceptors (Lipinski definition) is 2. The van der Waals surface area contributed by atoms with Gasteiger partial charge in [0.2, 0.25) is 0 Å². The number of hydrogen-bond donors (Lipinski definition) is 0. The van der Waals surface area contributed by atoms with Crippen LogP contribution in [-0.2, 0) is 9.53 Å². The Bertz CT molecular complexity index is 212. The lowest BCUT2D eigenvalue weighted by molar-refractivity contribution is -0.138. The molecule has 1 fully saturated rings. The number of ether oxygens (including phenoxy) is 1. The number of carbonyl (C=O) groups excluding carboxylic acids is 1. The Morgan fingerprint density at radius 2 is 2.07 bits per heavy atom. The fraction of sp³-hybridized carbons (Fsp3) is 0.583. The third-order valence-corrected chi connectivity index (χ3v) is 1.61. The van der Waals surface area contributed by atoms with E-state index in [1.165, 1.54) is 6.42 Å². The molecule has 0 spiro atoms. The summed E-state index contributed by atoms with van der Waals surface area (Å²) < 4.78 is 4.99. The van der Waals surface area contributed by atoms with Gasteiger partial charge >= 0.3 is 5.97 Å². The lowest BCUT2D eigenvalue weighted by atomic mass is 10.1. The molecule has 0 aromatic heterocycles. The van der Waals surface area contributed by atoms with E-state index in [4.69, 9.17) is 4.74 Å². The largest absolute Gasteiger partial charge is 0.458 e. The van der Waals surface area contributed by atoms with E-state index < -0.39 is 0 Å². The maximum absolute atomic E-state index is 10.8. The lowest BCUT2D eigenvalue weighted by Crippen LogP contribution is -2.06. The van der Waals surface area contributed by atoms with Crippen molar-refractivity contribution in [2.24, 2.45) is 0 Å². The molecule has 1 saturated heterocycles. The number of esters is 1. The summed E-state index contributed by atoms with van der Waals surface area (Å²) in [6.45, 7) is 13.5. The summed E-state index contributed by atoms with van der Waals surface area (Å²) in [7, 11) is 0. The van der Waals surface area contributed by atoms with Crippen molar-refractivity contribution >= 4 is 5.97 Å². The van der Waals surface area contributed by atoms with Gasteiger partial charge in [-0.2, -0.15) is 0 Å². The zero-order valence-electron chi connectivity index (χ0n) is 9.43. The van der Waals surface area contributed by atoms with E-state index in [-0.39, 0.29) is 12.1 Å². The van der Waals surface area contributed by atoms with Crippen LogP contribution in [0.25, 0.3) is 0 Å². The zero-order chi connectivity index (χ0) is 11.1. The molecule has 0 aromatic rings. The van der Waals surface area contributed by atoms with Crippen LogP contribution in [0.2, 0.25) is 0 Å². The quantitative estimate of drug-likeness (QED) is 0.385. The van der Waals surface area contributed by atoms with Crippen LogP contribution in [0, 0.1) is 0 Å². The molecular weight excluding hydrogens is 176 g/mol. The van der Waals surface area contributed by atoms with Crippen LogP contribution in [0.15, 0.2) is 24.3 Å². The third kappa shape index (κ3) is 4.85. The van der Waals surface area contributed by atoms with E-state index in [2.05, 4.69) is 27.0 Å². The molecular formula is C12H20O2. The molecule has 1 heterocycles. The van der Waals surface area contributed by atoms with E-state index in [0.717, 1.165) is 12.0 Å². The predicted molar refractivity (Wildman–Crippen MR) is 59.0 cm³/mol. The summed E-state index contributed by atoms with van der Waals surface area (Å²) >= 11 is 0. The van der Waals surface area contributed by atoms with Gasteiger partial charge in [-0.3, -0.25) is 0 Å². The van der Waals surface area contributed by atoms with Gasteiger partial charge in [0, 0.05) is 18.4 Å². The highest BCUT2D eigenvalue weighted by Crippen LogP contribution is 2.22. The second-order valence-corrected chi connectivity index (χ2v) is 3.70. The minimum atomic E-state index is -0.253. The molecule has 0 bridgehead atoms. The Labute approximate surface area is 86.6 Å². The van der Waals surface area contributed by atoms with Gasteiger partial charge in [0.15, 0.2) is 0 Å². The van der Waals surface area contributed by atoms with E-state index in [1.54, 1.807) is 0 Å². The fourth-order valence-corrected chi connectivity index (χ4v) is 1.14. The molecule has 0 N–H and O–H groups in total. The molecule has 1 aliphatic heterocycles. The Morgan fingerprint density at radius 3 is 2.36 bits per heavy atom. The van der Waals surface area contributed by atoms with Crippen molar-refractivity contribution in [1.82, 2.24) is 0 Å². The molecule has 0 saturated carbocycles. The second kappa shape index (κ2) is 6.41. The molecule has 80 valence electrons. The summed E-state index contributed by atoms with van der Waals surface area (Å²) in [5, 5.41) is 0. The molecule has 0 amide bonds. The molecule has 2 heteroatoms. The Kier molecular flexibility index (Phi) is 5.93. The third-order valence-electron chi connectivity index (χ3n) is 1.61. The molecule has 0 radical (unpaired) electrons. The van der Waals surface area contributed by atoms with Gasteiger partial charge in [-0.15, -0.1) is 6.58 Å². The Morgan fingerprint density at radius 1 is 1.57 bits per heavy atom. The summed E-state index contributed by atoms with van der Waals surface area (Å²) in [6, 6.07) is 0. The zero-order valence-corrected chi connectivity index (χ0v) is 9.43. The van der Waals surface area contributed by atoms with Gasteiger partial charge in [0.05, 0.1) is 0 Å². The van der Waals surface area contributed by atoms with E-state index in [9.17, 15) is 4.79 Å². The first kappa shape index (κ1) is 12.9. The molecule has 0 aliphatic carbocycles. The summed E-state index contributed by atoms with van der Waals surface area (Å²) in [6.07, 6.45) is 2.66. The van der Waals surface area contributed by atoms with Crippen molar-refractivity contribution in [2.75, 3.05) is 0 Å². The van der Waals surface area contributed by atoms with Gasteiger partial charge in [-0.1, -0.05) is 32.4 Å². The van der Waals surface area contributed by atoms with Crippen molar-refractivity contribution in [3.63, 3.8) is 0 Å². The summed E-state index contributed by atoms with van der Waals surface area (Å²) in [4.78, 5) is 10.8. The van der Waals surface area contributed by atoms with Crippen LogP contribution in [0.3, 0.4) is 0 Å². The minimum Gasteiger partial charge on any atom is -0.458 e. The predicted octanol–water partition coefficient (Wildman–Crippen LogP) is 3.24. The monoisotopic (exact) mass is 196 g/mol. The van der Waals surface area contributed by atoms with Crippen molar-refractivity contribution in [3.8, 4) is 0 Å². The van der Waals surface area contributed by atoms with Crippen molar-refractivity contribution in [2.45, 2.75) is 46.1 Å². The standard InChI is InChI=1S/C9H12O2.C3H8/c1-6(2)4-8-5-7(3)9(10)11-8;1-3-2/h8H,1,3-5H2,2H3;3H2,1-2H3. The fourth-order valence-electron chi connectivity index (χ4n) is 1.14. The van der Waals surface area contributed by atoms with Crippen LogP contribution < -0.4 is 0 Å². The second-order valence-electron chi connectivity index (χ2n) is 3.70. The van der Waals surface area contributed by atoms with Crippen LogP contribution in [0.4, 0.5) is 0 Å². The van der Waals surface area contributed by atoms with Gasteiger partial charge in [-0.25, -0.2) is 4.79 Å². The first-order valence-corrected chi connectivity index (χ1v) is 5.04. The van der Waals surface area contributed by atoms with Gasteiger partial charge in [0.1, 0.15) is 6.10 Å². The van der Waals surface area contributed by atoms with Crippen LogP contribution in [0.5, 0.6) is 0 Å². The normalized spacial score (nSPS) is 19.8. The van der Waals surface area contributed by atoms with Crippen LogP contribution in [0.1, 0.15) is 40.0 Å². The van der Waals surface area contributed by atoms with Gasteiger partial charge in [0.25, 0.3) is 0 Å². The topological polar surface area (TPSA) is 26.3 Å². The molecule has 0 aromatic carbocycles. The lowest BCUT2D eigenvalue weighted by Gasteiger charge is -2.06. The Balaban J connectivity index is 0.000000500. The molecule has 14 heavy (non-hydrogen) atoms. The summed E-state index contributed by atoms with van der Waals surface area (Å²) in [5.74, 6) is -0.253. The van der Waals surface area contributed by atoms with Crippen molar-refractivity contribution < 1.29 is 9.53 Å². The van der Waals surface area contributed by atoms with Gasteiger partial charge in [-0.05, 0) is 6.92 Å². The first-order chi connectivity index (χ1) is 6.51. The molecule has 1 atom stereocenters. The first-order valence-electron chi connectivity index (χ1n) is 5.04. The van der Waals surface area contributed by atoms with Crippen molar-refractivity contribution in [1.29, 1.82) is 0 Å². The molecule has 1 unspecified atom stereocenters. The summed E-state index contributed by atoms with van der Waals surface area (Å²) in [5.41, 5.74) is 1.62. The number of rotatable bonds is 2. The SMILES string of the molecule is C=C(C)CC1CC(=C)C(=O)O1.CCC. The van der Waals surface area contributed by atoms with Gasteiger partial charge < -0.3 is 4.74 Å². The average molecular weight is 196 g/mol. The molecule has 1 aliphatic rings. The maximum Gasteiger partial charge on any atom is 0.333 e. The van der Waals surface area contributed by atoms with E-state index in [0.29, 0.717) is 12.0 Å². The van der Waals surface area contributed by atoms with E-state index in [1.807, 2.05) is 6.92 Å². The van der Waals surface area contributed by atoms with Crippen molar-refractivity contribution in [3.05, 3.63) is 24.3 Å². The highest BCUT2D eigenvalue weighted by molar-refractivity contribution is 5.89. The number of carbonyl (C=O) groups is 1. The highest BCUT2D eigenvalue weighted by atomic mass is 16.5.